The average Bonchev–Trinajstić information content (AvgIpc) is 3.36. The fourth-order valence-corrected chi connectivity index (χ4v) is 4.17. The molecule has 4 rings (SSSR count). The predicted molar refractivity (Wildman–Crippen MR) is 108 cm³/mol. The highest BCUT2D eigenvalue weighted by molar-refractivity contribution is 7.13. The third kappa shape index (κ3) is 3.28. The molecule has 138 valence electrons. The molecule has 0 radical (unpaired) electrons. The monoisotopic (exact) mass is 380 g/mol. The zero-order valence-corrected chi connectivity index (χ0v) is 16.1. The van der Waals surface area contributed by atoms with E-state index in [4.69, 9.17) is 14.5 Å². The number of ether oxygens (including phenoxy) is 2. The van der Waals surface area contributed by atoms with Crippen LogP contribution in [0.5, 0.6) is 11.5 Å². The third-order valence-corrected chi connectivity index (χ3v) is 5.56. The molecule has 0 saturated carbocycles. The number of carbonyl (C=O) groups is 1. The van der Waals surface area contributed by atoms with E-state index in [2.05, 4.69) is 0 Å². The summed E-state index contributed by atoms with van der Waals surface area (Å²) in [5, 5.41) is 2.91. The molecule has 1 saturated heterocycles. The summed E-state index contributed by atoms with van der Waals surface area (Å²) in [4.78, 5) is 18.5. The molecule has 27 heavy (non-hydrogen) atoms. The number of methoxy groups -OCH3 is 2. The van der Waals surface area contributed by atoms with Crippen LogP contribution in [0.3, 0.4) is 0 Å². The van der Waals surface area contributed by atoms with Gasteiger partial charge in [0.05, 0.1) is 25.5 Å². The van der Waals surface area contributed by atoms with Crippen LogP contribution >= 0.6 is 11.3 Å². The minimum Gasteiger partial charge on any atom is -0.493 e. The maximum Gasteiger partial charge on any atom is 0.227 e. The van der Waals surface area contributed by atoms with E-state index in [9.17, 15) is 4.79 Å². The van der Waals surface area contributed by atoms with Gasteiger partial charge in [-0.05, 0) is 30.7 Å². The van der Waals surface area contributed by atoms with Gasteiger partial charge in [0.2, 0.25) is 5.91 Å². The molecule has 2 heterocycles. The fourth-order valence-electron chi connectivity index (χ4n) is 3.32. The smallest absolute Gasteiger partial charge is 0.227 e. The number of anilines is 1. The van der Waals surface area contributed by atoms with Crippen LogP contribution in [0, 0.1) is 0 Å². The first kappa shape index (κ1) is 17.5. The topological polar surface area (TPSA) is 51.7 Å². The average molecular weight is 380 g/mol. The van der Waals surface area contributed by atoms with Gasteiger partial charge in [0.25, 0.3) is 0 Å². The number of benzene rings is 2. The van der Waals surface area contributed by atoms with Gasteiger partial charge in [-0.1, -0.05) is 18.2 Å². The molecule has 5 nitrogen and oxygen atoms in total. The van der Waals surface area contributed by atoms with Gasteiger partial charge in [-0.15, -0.1) is 11.3 Å². The van der Waals surface area contributed by atoms with Crippen molar-refractivity contribution in [1.29, 1.82) is 0 Å². The molecule has 1 aliphatic rings. The van der Waals surface area contributed by atoms with Gasteiger partial charge in [0.1, 0.15) is 5.01 Å². The highest BCUT2D eigenvalue weighted by atomic mass is 32.1. The second-order valence-electron chi connectivity index (χ2n) is 6.27. The maximum atomic E-state index is 11.9. The Morgan fingerprint density at radius 2 is 1.89 bits per heavy atom. The van der Waals surface area contributed by atoms with Gasteiger partial charge in [-0.25, -0.2) is 4.98 Å². The summed E-state index contributed by atoms with van der Waals surface area (Å²) < 4.78 is 10.9. The van der Waals surface area contributed by atoms with Crippen LogP contribution < -0.4 is 14.4 Å². The van der Waals surface area contributed by atoms with Crippen molar-refractivity contribution in [3.8, 4) is 33.3 Å². The van der Waals surface area contributed by atoms with Crippen LogP contribution in [0.2, 0.25) is 0 Å². The molecule has 1 aromatic heterocycles. The van der Waals surface area contributed by atoms with E-state index in [0.29, 0.717) is 17.9 Å². The van der Waals surface area contributed by atoms with Gasteiger partial charge in [-0.2, -0.15) is 0 Å². The van der Waals surface area contributed by atoms with Gasteiger partial charge >= 0.3 is 0 Å². The lowest BCUT2D eigenvalue weighted by molar-refractivity contribution is -0.117. The van der Waals surface area contributed by atoms with E-state index in [1.165, 1.54) is 0 Å². The normalized spacial score (nSPS) is 13.9. The van der Waals surface area contributed by atoms with Crippen LogP contribution in [0.1, 0.15) is 12.8 Å². The quantitative estimate of drug-likeness (QED) is 0.648. The van der Waals surface area contributed by atoms with Gasteiger partial charge in [-0.3, -0.25) is 4.79 Å². The molecule has 0 aliphatic carbocycles. The molecular weight excluding hydrogens is 360 g/mol. The van der Waals surface area contributed by atoms with Crippen LogP contribution in [0.4, 0.5) is 5.69 Å². The van der Waals surface area contributed by atoms with Crippen molar-refractivity contribution in [2.24, 2.45) is 0 Å². The molecular formula is C21H20N2O3S. The summed E-state index contributed by atoms with van der Waals surface area (Å²) >= 11 is 1.56. The minimum absolute atomic E-state index is 0.198. The van der Waals surface area contributed by atoms with Crippen molar-refractivity contribution in [2.75, 3.05) is 25.7 Å². The van der Waals surface area contributed by atoms with E-state index in [0.717, 1.165) is 40.5 Å². The van der Waals surface area contributed by atoms with Crippen molar-refractivity contribution < 1.29 is 14.3 Å². The number of hydrogen-bond acceptors (Lipinski definition) is 5. The van der Waals surface area contributed by atoms with Crippen molar-refractivity contribution >= 4 is 22.9 Å². The Morgan fingerprint density at radius 1 is 1.07 bits per heavy atom. The van der Waals surface area contributed by atoms with E-state index >= 15 is 0 Å². The molecule has 0 atom stereocenters. The lowest BCUT2D eigenvalue weighted by Gasteiger charge is -2.15. The van der Waals surface area contributed by atoms with E-state index in [1.54, 1.807) is 25.6 Å². The Kier molecular flexibility index (Phi) is 4.81. The zero-order valence-electron chi connectivity index (χ0n) is 15.3. The Hall–Kier alpha value is -2.86. The van der Waals surface area contributed by atoms with Crippen LogP contribution in [0.15, 0.2) is 47.8 Å². The lowest BCUT2D eigenvalue weighted by atomic mass is 10.1. The first-order valence-electron chi connectivity index (χ1n) is 8.79. The van der Waals surface area contributed by atoms with Crippen molar-refractivity contribution in [3.05, 3.63) is 47.8 Å². The molecule has 1 aliphatic heterocycles. The molecule has 3 aromatic rings. The summed E-state index contributed by atoms with van der Waals surface area (Å²) in [6.45, 7) is 0.800. The van der Waals surface area contributed by atoms with E-state index in [-0.39, 0.29) is 5.91 Å². The highest BCUT2D eigenvalue weighted by Gasteiger charge is 2.21. The van der Waals surface area contributed by atoms with E-state index < -0.39 is 0 Å². The number of aromatic nitrogens is 1. The van der Waals surface area contributed by atoms with Gasteiger partial charge < -0.3 is 14.4 Å². The SMILES string of the molecule is COc1cccc(-c2nc(-c3ccc(N4CCCC4=O)cc3)cs2)c1OC. The van der Waals surface area contributed by atoms with Gasteiger partial charge in [0, 0.05) is 29.6 Å². The number of para-hydroxylation sites is 1. The number of thiazole rings is 1. The molecule has 0 bridgehead atoms. The largest absolute Gasteiger partial charge is 0.493 e. The van der Waals surface area contributed by atoms with Crippen LogP contribution in [-0.4, -0.2) is 31.7 Å². The molecule has 0 N–H and O–H groups in total. The highest BCUT2D eigenvalue weighted by Crippen LogP contribution is 2.40. The summed E-state index contributed by atoms with van der Waals surface area (Å²) in [6.07, 6.45) is 1.57. The molecule has 0 spiro atoms. The number of nitrogens with zero attached hydrogens (tertiary/aromatic N) is 2. The zero-order chi connectivity index (χ0) is 18.8. The Balaban J connectivity index is 1.63. The standard InChI is InChI=1S/C21H20N2O3S/c1-25-18-6-3-5-16(20(18)26-2)21-22-17(13-27-21)14-8-10-15(11-9-14)23-12-4-7-19(23)24/h3,5-6,8-11,13H,4,7,12H2,1-2H3. The number of hydrogen-bond donors (Lipinski definition) is 0. The summed E-state index contributed by atoms with van der Waals surface area (Å²) in [6, 6.07) is 13.8. The Bertz CT molecular complexity index is 966. The summed E-state index contributed by atoms with van der Waals surface area (Å²) in [5.41, 5.74) is 3.78. The lowest BCUT2D eigenvalue weighted by Crippen LogP contribution is -2.23. The maximum absolute atomic E-state index is 11.9. The molecule has 0 unspecified atom stereocenters. The number of amides is 1. The molecule has 6 heteroatoms. The summed E-state index contributed by atoms with van der Waals surface area (Å²) in [5.74, 6) is 1.57. The fraction of sp³-hybridized carbons (Fsp3) is 0.238. The van der Waals surface area contributed by atoms with E-state index in [1.807, 2.05) is 52.7 Å². The number of carbonyl (C=O) groups excluding carboxylic acids is 1. The first-order chi connectivity index (χ1) is 13.2. The Morgan fingerprint density at radius 3 is 2.56 bits per heavy atom. The van der Waals surface area contributed by atoms with Crippen LogP contribution in [-0.2, 0) is 4.79 Å². The van der Waals surface area contributed by atoms with Gasteiger partial charge in [0.15, 0.2) is 11.5 Å². The molecule has 1 amide bonds. The summed E-state index contributed by atoms with van der Waals surface area (Å²) in [7, 11) is 3.26. The molecule has 2 aromatic carbocycles. The van der Waals surface area contributed by atoms with Crippen LogP contribution in [0.25, 0.3) is 21.8 Å². The second kappa shape index (κ2) is 7.40. The molecule has 1 fully saturated rings. The van der Waals surface area contributed by atoms with Crippen molar-refractivity contribution in [1.82, 2.24) is 4.98 Å². The predicted octanol–water partition coefficient (Wildman–Crippen LogP) is 4.62. The number of rotatable bonds is 5. The van der Waals surface area contributed by atoms with Crippen molar-refractivity contribution in [3.63, 3.8) is 0 Å². The second-order valence-corrected chi connectivity index (χ2v) is 7.13. The Labute approximate surface area is 162 Å². The third-order valence-electron chi connectivity index (χ3n) is 4.69. The first-order valence-corrected chi connectivity index (χ1v) is 9.67. The minimum atomic E-state index is 0.198. The van der Waals surface area contributed by atoms with Crippen molar-refractivity contribution in [2.45, 2.75) is 12.8 Å².